The molecule has 6 heteroatoms. The number of rotatable bonds is 6. The second-order valence-corrected chi connectivity index (χ2v) is 4.11. The van der Waals surface area contributed by atoms with E-state index in [1.807, 2.05) is 13.8 Å². The summed E-state index contributed by atoms with van der Waals surface area (Å²) in [5, 5.41) is 14.3. The van der Waals surface area contributed by atoms with E-state index in [9.17, 15) is 4.79 Å². The normalized spacial score (nSPS) is 15.1. The van der Waals surface area contributed by atoms with Gasteiger partial charge in [-0.05, 0) is 25.5 Å². The highest BCUT2D eigenvalue weighted by Crippen LogP contribution is 2.14. The quantitative estimate of drug-likeness (QED) is 0.310. The van der Waals surface area contributed by atoms with Crippen molar-refractivity contribution in [1.29, 1.82) is 0 Å². The van der Waals surface area contributed by atoms with Crippen LogP contribution in [0.3, 0.4) is 0 Å². The van der Waals surface area contributed by atoms with Crippen molar-refractivity contribution in [3.05, 3.63) is 24.2 Å². The molecule has 1 aromatic rings. The van der Waals surface area contributed by atoms with Crippen molar-refractivity contribution in [1.82, 2.24) is 5.32 Å². The molecular weight excluding hydrogens is 234 g/mol. The second-order valence-electron chi connectivity index (χ2n) is 4.11. The Morgan fingerprint density at radius 1 is 1.67 bits per heavy atom. The number of nitrogens with one attached hydrogen (secondary N) is 1. The molecule has 0 aliphatic rings. The van der Waals surface area contributed by atoms with Gasteiger partial charge in [-0.3, -0.25) is 4.79 Å². The van der Waals surface area contributed by atoms with E-state index < -0.39 is 5.92 Å². The zero-order valence-corrected chi connectivity index (χ0v) is 10.6. The van der Waals surface area contributed by atoms with Crippen LogP contribution in [-0.4, -0.2) is 17.0 Å². The lowest BCUT2D eigenvalue weighted by atomic mass is 10.0. The van der Waals surface area contributed by atoms with Crippen LogP contribution in [0.2, 0.25) is 0 Å². The number of amides is 1. The van der Waals surface area contributed by atoms with E-state index in [0.29, 0.717) is 12.2 Å². The van der Waals surface area contributed by atoms with Crippen molar-refractivity contribution < 1.29 is 14.4 Å². The molecule has 0 aliphatic carbocycles. The Labute approximate surface area is 106 Å². The van der Waals surface area contributed by atoms with Crippen LogP contribution in [0.15, 0.2) is 28.0 Å². The van der Waals surface area contributed by atoms with Gasteiger partial charge in [-0.25, -0.2) is 0 Å². The molecule has 2 unspecified atom stereocenters. The van der Waals surface area contributed by atoms with Crippen LogP contribution in [0.5, 0.6) is 0 Å². The summed E-state index contributed by atoms with van der Waals surface area (Å²) in [6.07, 6.45) is 2.85. The van der Waals surface area contributed by atoms with Gasteiger partial charge in [0.2, 0.25) is 5.91 Å². The van der Waals surface area contributed by atoms with Gasteiger partial charge in [0.15, 0.2) is 5.84 Å². The predicted octanol–water partition coefficient (Wildman–Crippen LogP) is 1.62. The first-order chi connectivity index (χ1) is 8.60. The molecule has 6 nitrogen and oxygen atoms in total. The summed E-state index contributed by atoms with van der Waals surface area (Å²) in [6.45, 7) is 3.74. The number of furan rings is 1. The van der Waals surface area contributed by atoms with Gasteiger partial charge in [0, 0.05) is 0 Å². The minimum Gasteiger partial charge on any atom is -0.467 e. The topological polar surface area (TPSA) is 101 Å². The van der Waals surface area contributed by atoms with Gasteiger partial charge in [0.1, 0.15) is 5.76 Å². The molecule has 0 saturated heterocycles. The Bertz CT molecular complexity index is 401. The third kappa shape index (κ3) is 3.51. The number of carbonyl (C=O) groups excluding carboxylic acids is 1. The molecule has 1 rings (SSSR count). The molecule has 2 atom stereocenters. The first kappa shape index (κ1) is 14.1. The highest BCUT2D eigenvalue weighted by molar-refractivity contribution is 6.02. The van der Waals surface area contributed by atoms with Crippen molar-refractivity contribution in [2.75, 3.05) is 0 Å². The summed E-state index contributed by atoms with van der Waals surface area (Å²) in [5.41, 5.74) is 5.51. The largest absolute Gasteiger partial charge is 0.467 e. The first-order valence-corrected chi connectivity index (χ1v) is 5.91. The second kappa shape index (κ2) is 6.68. The summed E-state index contributed by atoms with van der Waals surface area (Å²) in [6, 6.07) is 3.28. The summed E-state index contributed by atoms with van der Waals surface area (Å²) in [7, 11) is 0. The van der Waals surface area contributed by atoms with Crippen molar-refractivity contribution in [2.45, 2.75) is 32.7 Å². The van der Waals surface area contributed by atoms with Crippen LogP contribution in [0.25, 0.3) is 0 Å². The Morgan fingerprint density at radius 3 is 2.89 bits per heavy atom. The lowest BCUT2D eigenvalue weighted by Gasteiger charge is -2.17. The van der Waals surface area contributed by atoms with Crippen molar-refractivity contribution in [2.24, 2.45) is 16.8 Å². The van der Waals surface area contributed by atoms with E-state index in [0.717, 1.165) is 6.42 Å². The van der Waals surface area contributed by atoms with E-state index >= 15 is 0 Å². The van der Waals surface area contributed by atoms with Crippen LogP contribution in [0, 0.1) is 5.92 Å². The number of amidine groups is 1. The van der Waals surface area contributed by atoms with Gasteiger partial charge >= 0.3 is 0 Å². The Balaban J connectivity index is 2.67. The number of oxime groups is 1. The Hall–Kier alpha value is -1.98. The molecule has 0 radical (unpaired) electrons. The van der Waals surface area contributed by atoms with Crippen LogP contribution < -0.4 is 11.1 Å². The molecule has 0 saturated carbocycles. The fourth-order valence-corrected chi connectivity index (χ4v) is 1.69. The molecule has 1 aromatic heterocycles. The number of nitrogens with two attached hydrogens (primary N) is 1. The fourth-order valence-electron chi connectivity index (χ4n) is 1.69. The lowest BCUT2D eigenvalue weighted by molar-refractivity contribution is -0.124. The monoisotopic (exact) mass is 253 g/mol. The van der Waals surface area contributed by atoms with Crippen LogP contribution in [-0.2, 0) is 4.79 Å². The maximum absolute atomic E-state index is 12.0. The van der Waals surface area contributed by atoms with Crippen LogP contribution in [0.1, 0.15) is 38.5 Å². The summed E-state index contributed by atoms with van der Waals surface area (Å²) >= 11 is 0. The van der Waals surface area contributed by atoms with Gasteiger partial charge in [0.05, 0.1) is 18.2 Å². The maximum atomic E-state index is 12.0. The smallest absolute Gasteiger partial charge is 0.231 e. The van der Waals surface area contributed by atoms with Crippen LogP contribution >= 0.6 is 0 Å². The van der Waals surface area contributed by atoms with Crippen molar-refractivity contribution in [3.63, 3.8) is 0 Å². The SMILES string of the molecule is CCCC(C(=O)NC(C)c1ccco1)/C(N)=N/O. The van der Waals surface area contributed by atoms with Crippen LogP contribution in [0.4, 0.5) is 0 Å². The van der Waals surface area contributed by atoms with E-state index in [2.05, 4.69) is 10.5 Å². The van der Waals surface area contributed by atoms with Crippen molar-refractivity contribution >= 4 is 11.7 Å². The molecule has 0 aromatic carbocycles. The zero-order valence-electron chi connectivity index (χ0n) is 10.6. The van der Waals surface area contributed by atoms with Gasteiger partial charge in [0.25, 0.3) is 0 Å². The van der Waals surface area contributed by atoms with Gasteiger partial charge in [-0.15, -0.1) is 0 Å². The van der Waals surface area contributed by atoms with Gasteiger partial charge < -0.3 is 20.7 Å². The third-order valence-corrected chi connectivity index (χ3v) is 2.70. The van der Waals surface area contributed by atoms with E-state index in [4.69, 9.17) is 15.4 Å². The number of carbonyl (C=O) groups is 1. The average Bonchev–Trinajstić information content (AvgIpc) is 2.88. The number of hydrogen-bond donors (Lipinski definition) is 3. The molecule has 18 heavy (non-hydrogen) atoms. The maximum Gasteiger partial charge on any atom is 0.231 e. The minimum atomic E-state index is -0.614. The number of nitrogens with zero attached hydrogens (tertiary/aromatic N) is 1. The summed E-state index contributed by atoms with van der Waals surface area (Å²) in [5.74, 6) is -0.285. The molecule has 0 aliphatic heterocycles. The summed E-state index contributed by atoms with van der Waals surface area (Å²) in [4.78, 5) is 12.0. The standard InChI is InChI=1S/C12H19N3O3/c1-3-5-9(11(13)15-17)12(16)14-8(2)10-6-4-7-18-10/h4,6-9,17H,3,5H2,1-2H3,(H2,13,15)(H,14,16). The molecule has 0 bridgehead atoms. The molecule has 0 fully saturated rings. The van der Waals surface area contributed by atoms with E-state index in [1.165, 1.54) is 0 Å². The Kier molecular flexibility index (Phi) is 5.23. The molecular formula is C12H19N3O3. The first-order valence-electron chi connectivity index (χ1n) is 5.91. The highest BCUT2D eigenvalue weighted by Gasteiger charge is 2.24. The Morgan fingerprint density at radius 2 is 2.39 bits per heavy atom. The van der Waals surface area contributed by atoms with Gasteiger partial charge in [-0.1, -0.05) is 18.5 Å². The molecule has 4 N–H and O–H groups in total. The fraction of sp³-hybridized carbons (Fsp3) is 0.500. The molecule has 0 spiro atoms. The third-order valence-electron chi connectivity index (χ3n) is 2.70. The average molecular weight is 253 g/mol. The van der Waals surface area contributed by atoms with Crippen molar-refractivity contribution in [3.8, 4) is 0 Å². The molecule has 1 heterocycles. The minimum absolute atomic E-state index is 0.0685. The lowest BCUT2D eigenvalue weighted by Crippen LogP contribution is -2.39. The highest BCUT2D eigenvalue weighted by atomic mass is 16.4. The zero-order chi connectivity index (χ0) is 13.5. The van der Waals surface area contributed by atoms with Gasteiger partial charge in [-0.2, -0.15) is 0 Å². The molecule has 1 amide bonds. The van der Waals surface area contributed by atoms with E-state index in [-0.39, 0.29) is 17.8 Å². The van der Waals surface area contributed by atoms with E-state index in [1.54, 1.807) is 18.4 Å². The summed E-state index contributed by atoms with van der Waals surface area (Å²) < 4.78 is 5.20. The number of hydrogen-bond acceptors (Lipinski definition) is 4. The molecule has 100 valence electrons. The predicted molar refractivity (Wildman–Crippen MR) is 67.1 cm³/mol.